The molecule has 1 aliphatic rings. The van der Waals surface area contributed by atoms with E-state index in [1.165, 1.54) is 18.5 Å². The molecule has 130 valence electrons. The Bertz CT molecular complexity index is 731. The predicted molar refractivity (Wildman–Crippen MR) is 97.7 cm³/mol. The fourth-order valence-electron chi connectivity index (χ4n) is 3.08. The highest BCUT2D eigenvalue weighted by molar-refractivity contribution is 9.10. The molecule has 24 heavy (non-hydrogen) atoms. The molecule has 0 fully saturated rings. The summed E-state index contributed by atoms with van der Waals surface area (Å²) in [6.07, 6.45) is 5.50. The summed E-state index contributed by atoms with van der Waals surface area (Å²) in [6, 6.07) is 2.12. The third kappa shape index (κ3) is 3.63. The summed E-state index contributed by atoms with van der Waals surface area (Å²) in [4.78, 5) is 6.49. The number of hydrogen-bond donors (Lipinski definition) is 1. The van der Waals surface area contributed by atoms with Crippen LogP contribution in [0.25, 0.3) is 0 Å². The number of guanidine groups is 1. The minimum atomic E-state index is 0.640. The maximum atomic E-state index is 4.39. The number of fused-ring (bicyclic) bond motifs is 1. The van der Waals surface area contributed by atoms with Crippen molar-refractivity contribution in [2.24, 2.45) is 12.0 Å². The monoisotopic (exact) mass is 393 g/mol. The Balaban J connectivity index is 1.62. The summed E-state index contributed by atoms with van der Waals surface area (Å²) in [5.41, 5.74) is 1.21. The molecular weight excluding hydrogens is 370 g/mol. The molecule has 3 heterocycles. The van der Waals surface area contributed by atoms with Crippen LogP contribution in [-0.4, -0.2) is 44.3 Å². The van der Waals surface area contributed by atoms with E-state index in [-0.39, 0.29) is 0 Å². The lowest BCUT2D eigenvalue weighted by molar-refractivity contribution is 0.456. The zero-order valence-electron chi connectivity index (χ0n) is 14.5. The third-order valence-corrected chi connectivity index (χ3v) is 4.82. The molecule has 0 unspecified atom stereocenters. The lowest BCUT2D eigenvalue weighted by atomic mass is 10.2. The largest absolute Gasteiger partial charge is 0.352 e. The van der Waals surface area contributed by atoms with Gasteiger partial charge in [-0.3, -0.25) is 4.99 Å². The van der Waals surface area contributed by atoms with E-state index in [0.717, 1.165) is 41.6 Å². The second kappa shape index (κ2) is 7.38. The second-order valence-corrected chi connectivity index (χ2v) is 7.07. The van der Waals surface area contributed by atoms with Crippen LogP contribution in [-0.2, 0) is 33.1 Å². The smallest absolute Gasteiger partial charge is 0.194 e. The Labute approximate surface area is 150 Å². The Kier molecular flexibility index (Phi) is 5.23. The van der Waals surface area contributed by atoms with Crippen molar-refractivity contribution in [3.63, 3.8) is 0 Å². The van der Waals surface area contributed by atoms with Crippen LogP contribution in [0.2, 0.25) is 0 Å². The highest BCUT2D eigenvalue weighted by atomic mass is 79.9. The van der Waals surface area contributed by atoms with Gasteiger partial charge >= 0.3 is 0 Å². The fraction of sp³-hybridized carbons (Fsp3) is 0.562. The zero-order valence-corrected chi connectivity index (χ0v) is 16.0. The molecule has 3 rings (SSSR count). The summed E-state index contributed by atoms with van der Waals surface area (Å²) < 4.78 is 5.44. The van der Waals surface area contributed by atoms with Crippen LogP contribution in [0.5, 0.6) is 0 Å². The van der Waals surface area contributed by atoms with Crippen molar-refractivity contribution >= 4 is 21.9 Å². The van der Waals surface area contributed by atoms with Gasteiger partial charge in [0, 0.05) is 50.5 Å². The molecule has 0 aromatic carbocycles. The summed E-state index contributed by atoms with van der Waals surface area (Å²) >= 11 is 3.52. The fourth-order valence-corrected chi connectivity index (χ4v) is 3.65. The molecule has 2 aromatic rings. The van der Waals surface area contributed by atoms with Crippen molar-refractivity contribution in [1.82, 2.24) is 29.5 Å². The van der Waals surface area contributed by atoms with E-state index in [1.54, 1.807) is 7.05 Å². The van der Waals surface area contributed by atoms with E-state index in [0.29, 0.717) is 6.54 Å². The van der Waals surface area contributed by atoms with Crippen LogP contribution in [0.15, 0.2) is 21.7 Å². The van der Waals surface area contributed by atoms with Gasteiger partial charge in [-0.2, -0.15) is 0 Å². The van der Waals surface area contributed by atoms with Crippen LogP contribution in [0.1, 0.15) is 30.2 Å². The average molecular weight is 394 g/mol. The molecule has 0 atom stereocenters. The standard InChI is InChI=1S/C16H24BrN7/c1-18-16(23(3)11-13-8-12(17)10-22(13)2)19-9-15-21-20-14-6-4-5-7-24(14)15/h8,10H,4-7,9,11H2,1-3H3,(H,18,19). The molecule has 8 heteroatoms. The van der Waals surface area contributed by atoms with Crippen LogP contribution in [0.4, 0.5) is 0 Å². The number of rotatable bonds is 4. The first-order valence-electron chi connectivity index (χ1n) is 8.22. The van der Waals surface area contributed by atoms with Crippen molar-refractivity contribution in [2.75, 3.05) is 14.1 Å². The minimum Gasteiger partial charge on any atom is -0.352 e. The molecular formula is C16H24BrN7. The topological polar surface area (TPSA) is 63.3 Å². The van der Waals surface area contributed by atoms with Crippen molar-refractivity contribution in [3.05, 3.63) is 34.1 Å². The van der Waals surface area contributed by atoms with Crippen LogP contribution in [0.3, 0.4) is 0 Å². The van der Waals surface area contributed by atoms with Gasteiger partial charge in [-0.05, 0) is 34.8 Å². The van der Waals surface area contributed by atoms with Crippen molar-refractivity contribution in [3.8, 4) is 0 Å². The molecule has 0 amide bonds. The molecule has 1 aliphatic heterocycles. The van der Waals surface area contributed by atoms with Gasteiger partial charge in [0.1, 0.15) is 5.82 Å². The van der Waals surface area contributed by atoms with E-state index in [2.05, 4.69) is 62.7 Å². The number of aliphatic imine (C=N–C) groups is 1. The first-order valence-corrected chi connectivity index (χ1v) is 9.01. The Morgan fingerprint density at radius 2 is 2.25 bits per heavy atom. The lowest BCUT2D eigenvalue weighted by Crippen LogP contribution is -2.39. The van der Waals surface area contributed by atoms with Crippen molar-refractivity contribution in [2.45, 2.75) is 38.9 Å². The SMILES string of the molecule is CN=C(NCc1nnc2n1CCCC2)N(C)Cc1cc(Br)cn1C. The minimum absolute atomic E-state index is 0.640. The van der Waals surface area contributed by atoms with E-state index in [9.17, 15) is 0 Å². The molecule has 0 aliphatic carbocycles. The number of nitrogens with one attached hydrogen (secondary N) is 1. The number of halogens is 1. The summed E-state index contributed by atoms with van der Waals surface area (Å²) in [5.74, 6) is 2.94. The molecule has 0 saturated carbocycles. The molecule has 0 saturated heterocycles. The molecule has 0 spiro atoms. The number of aryl methyl sites for hydroxylation is 2. The number of hydrogen-bond acceptors (Lipinski definition) is 3. The Morgan fingerprint density at radius 3 is 2.96 bits per heavy atom. The van der Waals surface area contributed by atoms with Crippen molar-refractivity contribution in [1.29, 1.82) is 0 Å². The molecule has 7 nitrogen and oxygen atoms in total. The Morgan fingerprint density at radius 1 is 1.42 bits per heavy atom. The first kappa shape index (κ1) is 17.0. The first-order chi connectivity index (χ1) is 11.6. The summed E-state index contributed by atoms with van der Waals surface area (Å²) in [7, 11) is 5.89. The van der Waals surface area contributed by atoms with Crippen LogP contribution >= 0.6 is 15.9 Å². The zero-order chi connectivity index (χ0) is 17.1. The Hall–Kier alpha value is -1.83. The van der Waals surface area contributed by atoms with Gasteiger partial charge in [0.05, 0.1) is 13.1 Å². The highest BCUT2D eigenvalue weighted by Gasteiger charge is 2.16. The van der Waals surface area contributed by atoms with Crippen molar-refractivity contribution < 1.29 is 0 Å². The van der Waals surface area contributed by atoms with Gasteiger partial charge in [0.25, 0.3) is 0 Å². The average Bonchev–Trinajstić information content (AvgIpc) is 3.11. The van der Waals surface area contributed by atoms with Crippen LogP contribution in [0, 0.1) is 0 Å². The molecule has 2 aromatic heterocycles. The second-order valence-electron chi connectivity index (χ2n) is 6.16. The van der Waals surface area contributed by atoms with Gasteiger partial charge in [0.2, 0.25) is 0 Å². The van der Waals surface area contributed by atoms with Gasteiger partial charge in [-0.15, -0.1) is 10.2 Å². The predicted octanol–water partition coefficient (Wildman–Crippen LogP) is 1.92. The van der Waals surface area contributed by atoms with E-state index >= 15 is 0 Å². The lowest BCUT2D eigenvalue weighted by Gasteiger charge is -2.22. The molecule has 0 bridgehead atoms. The van der Waals surface area contributed by atoms with Gasteiger partial charge in [-0.25, -0.2) is 0 Å². The molecule has 1 N–H and O–H groups in total. The number of aromatic nitrogens is 4. The highest BCUT2D eigenvalue weighted by Crippen LogP contribution is 2.16. The van der Waals surface area contributed by atoms with E-state index < -0.39 is 0 Å². The quantitative estimate of drug-likeness (QED) is 0.636. The maximum Gasteiger partial charge on any atom is 0.194 e. The summed E-state index contributed by atoms with van der Waals surface area (Å²) in [6.45, 7) is 2.44. The van der Waals surface area contributed by atoms with Gasteiger partial charge in [0.15, 0.2) is 11.8 Å². The van der Waals surface area contributed by atoms with E-state index in [4.69, 9.17) is 0 Å². The van der Waals surface area contributed by atoms with Crippen LogP contribution < -0.4 is 5.32 Å². The normalized spacial score (nSPS) is 14.6. The third-order valence-electron chi connectivity index (χ3n) is 4.39. The van der Waals surface area contributed by atoms with Gasteiger partial charge < -0.3 is 19.4 Å². The van der Waals surface area contributed by atoms with E-state index in [1.807, 2.05) is 14.1 Å². The van der Waals surface area contributed by atoms with Gasteiger partial charge in [-0.1, -0.05) is 0 Å². The molecule has 0 radical (unpaired) electrons. The number of nitrogens with zero attached hydrogens (tertiary/aromatic N) is 6. The maximum absolute atomic E-state index is 4.39. The summed E-state index contributed by atoms with van der Waals surface area (Å²) in [5, 5.41) is 12.0.